The molecular weight excluding hydrogens is 208 g/mol. The van der Waals surface area contributed by atoms with Crippen molar-refractivity contribution < 1.29 is 19.7 Å². The molecule has 0 aromatic carbocycles. The van der Waals surface area contributed by atoms with Crippen LogP contribution in [0, 0.1) is 5.92 Å². The average Bonchev–Trinajstić information content (AvgIpc) is 2.50. The zero-order valence-electron chi connectivity index (χ0n) is 10.1. The van der Waals surface area contributed by atoms with Gasteiger partial charge in [0.15, 0.2) is 5.60 Å². The number of esters is 1. The number of carbonyl (C=O) groups is 1. The van der Waals surface area contributed by atoms with Gasteiger partial charge in [-0.2, -0.15) is 0 Å². The Hall–Kier alpha value is -0.610. The summed E-state index contributed by atoms with van der Waals surface area (Å²) in [6, 6.07) is 0. The molecule has 4 heteroatoms. The second kappa shape index (κ2) is 5.64. The maximum atomic E-state index is 11.4. The van der Waals surface area contributed by atoms with Crippen LogP contribution in [0.4, 0.5) is 0 Å². The quantitative estimate of drug-likeness (QED) is 0.532. The highest BCUT2D eigenvalue weighted by Crippen LogP contribution is 2.35. The molecule has 0 bridgehead atoms. The molecule has 0 unspecified atom stereocenters. The van der Waals surface area contributed by atoms with Gasteiger partial charge in [0.2, 0.25) is 0 Å². The van der Waals surface area contributed by atoms with Gasteiger partial charge in [-0.15, -0.1) is 0 Å². The predicted molar refractivity (Wildman–Crippen MR) is 59.8 cm³/mol. The number of unbranched alkanes of at least 4 members (excludes halogenated alkanes) is 3. The Balaban J connectivity index is 2.54. The summed E-state index contributed by atoms with van der Waals surface area (Å²) in [4.78, 5) is 11.4. The first-order valence-electron chi connectivity index (χ1n) is 6.09. The highest BCUT2D eigenvalue weighted by molar-refractivity contribution is 5.76. The topological polar surface area (TPSA) is 66.8 Å². The van der Waals surface area contributed by atoms with Crippen LogP contribution in [0.5, 0.6) is 0 Å². The minimum absolute atomic E-state index is 0.295. The highest BCUT2D eigenvalue weighted by atomic mass is 16.6. The van der Waals surface area contributed by atoms with Crippen LogP contribution in [-0.4, -0.2) is 34.5 Å². The molecule has 3 atom stereocenters. The van der Waals surface area contributed by atoms with Crippen molar-refractivity contribution in [3.8, 4) is 0 Å². The Morgan fingerprint density at radius 3 is 2.50 bits per heavy atom. The number of carbonyl (C=O) groups excluding carboxylic acids is 1. The maximum absolute atomic E-state index is 11.4. The van der Waals surface area contributed by atoms with E-state index in [2.05, 4.69) is 6.92 Å². The van der Waals surface area contributed by atoms with E-state index in [1.165, 1.54) is 0 Å². The molecular formula is C12H22O4. The van der Waals surface area contributed by atoms with E-state index in [1.54, 1.807) is 6.92 Å². The zero-order chi connectivity index (χ0) is 12.2. The van der Waals surface area contributed by atoms with Crippen LogP contribution >= 0.6 is 0 Å². The molecule has 0 amide bonds. The van der Waals surface area contributed by atoms with E-state index in [4.69, 9.17) is 4.74 Å². The lowest BCUT2D eigenvalue weighted by molar-refractivity contribution is -0.157. The van der Waals surface area contributed by atoms with Crippen molar-refractivity contribution in [2.75, 3.05) is 6.61 Å². The molecule has 0 saturated carbocycles. The monoisotopic (exact) mass is 230 g/mol. The van der Waals surface area contributed by atoms with Gasteiger partial charge >= 0.3 is 5.97 Å². The van der Waals surface area contributed by atoms with Gasteiger partial charge in [-0.25, -0.2) is 0 Å². The lowest BCUT2D eigenvalue weighted by Gasteiger charge is -2.29. The Bertz CT molecular complexity index is 241. The third-order valence-corrected chi connectivity index (χ3v) is 3.41. The van der Waals surface area contributed by atoms with Crippen molar-refractivity contribution in [2.45, 2.75) is 57.7 Å². The molecule has 0 aromatic rings. The van der Waals surface area contributed by atoms with Crippen LogP contribution in [0.2, 0.25) is 0 Å². The van der Waals surface area contributed by atoms with Gasteiger partial charge in [-0.1, -0.05) is 26.2 Å². The van der Waals surface area contributed by atoms with Crippen molar-refractivity contribution in [1.82, 2.24) is 0 Å². The average molecular weight is 230 g/mol. The molecule has 1 heterocycles. The molecule has 94 valence electrons. The highest BCUT2D eigenvalue weighted by Gasteiger charge is 2.52. The summed E-state index contributed by atoms with van der Waals surface area (Å²) in [5.74, 6) is -0.935. The lowest BCUT2D eigenvalue weighted by atomic mass is 9.87. The summed E-state index contributed by atoms with van der Waals surface area (Å²) in [6.45, 7) is 3.46. The first-order chi connectivity index (χ1) is 7.57. The van der Waals surface area contributed by atoms with Crippen molar-refractivity contribution in [3.05, 3.63) is 0 Å². The zero-order valence-corrected chi connectivity index (χ0v) is 10.1. The summed E-state index contributed by atoms with van der Waals surface area (Å²) >= 11 is 0. The summed E-state index contributed by atoms with van der Waals surface area (Å²) in [5.41, 5.74) is -1.05. The molecule has 1 saturated heterocycles. The van der Waals surface area contributed by atoms with Gasteiger partial charge in [0.25, 0.3) is 0 Å². The van der Waals surface area contributed by atoms with Crippen LogP contribution in [0.1, 0.15) is 46.0 Å². The maximum Gasteiger partial charge on any atom is 0.312 e. The van der Waals surface area contributed by atoms with E-state index in [-0.39, 0.29) is 6.61 Å². The van der Waals surface area contributed by atoms with Gasteiger partial charge in [-0.05, 0) is 19.8 Å². The van der Waals surface area contributed by atoms with Gasteiger partial charge in [-0.3, -0.25) is 4.79 Å². The van der Waals surface area contributed by atoms with Crippen molar-refractivity contribution >= 4 is 5.97 Å². The largest absolute Gasteiger partial charge is 0.454 e. The molecule has 1 rings (SSSR count). The standard InChI is InChI=1S/C12H22O4/c1-3-4-5-6-7-12(8-13)10(14)9(2)11(15)16-12/h9-10,13-14H,3-8H2,1-2H3/t9-,10+,12+/m1/s1. The number of ether oxygens (including phenoxy) is 1. The summed E-state index contributed by atoms with van der Waals surface area (Å²) in [7, 11) is 0. The first kappa shape index (κ1) is 13.5. The molecule has 0 radical (unpaired) electrons. The molecule has 1 fully saturated rings. The third kappa shape index (κ3) is 2.55. The number of hydrogen-bond acceptors (Lipinski definition) is 4. The molecule has 0 spiro atoms. The van der Waals surface area contributed by atoms with E-state index < -0.39 is 23.6 Å². The normalized spacial score (nSPS) is 34.1. The van der Waals surface area contributed by atoms with Gasteiger partial charge in [0.1, 0.15) is 6.10 Å². The summed E-state index contributed by atoms with van der Waals surface area (Å²) in [5, 5.41) is 19.3. The molecule has 0 aromatic heterocycles. The van der Waals surface area contributed by atoms with Crippen LogP contribution in [0.3, 0.4) is 0 Å². The number of hydrogen-bond donors (Lipinski definition) is 2. The van der Waals surface area contributed by atoms with E-state index in [1.807, 2.05) is 0 Å². The first-order valence-corrected chi connectivity index (χ1v) is 6.09. The smallest absolute Gasteiger partial charge is 0.312 e. The fourth-order valence-corrected chi connectivity index (χ4v) is 2.19. The second-order valence-electron chi connectivity index (χ2n) is 4.69. The van der Waals surface area contributed by atoms with Crippen molar-refractivity contribution in [1.29, 1.82) is 0 Å². The van der Waals surface area contributed by atoms with Crippen LogP contribution in [0.15, 0.2) is 0 Å². The molecule has 1 aliphatic rings. The SMILES string of the molecule is CCCCCC[C@@]1(CO)OC(=O)[C@H](C)[C@@H]1O. The van der Waals surface area contributed by atoms with Gasteiger partial charge in [0, 0.05) is 0 Å². The minimum atomic E-state index is -1.05. The fraction of sp³-hybridized carbons (Fsp3) is 0.917. The minimum Gasteiger partial charge on any atom is -0.454 e. The fourth-order valence-electron chi connectivity index (χ4n) is 2.19. The Kier molecular flexibility index (Phi) is 4.74. The van der Waals surface area contributed by atoms with Crippen molar-refractivity contribution in [2.24, 2.45) is 5.92 Å². The van der Waals surface area contributed by atoms with Gasteiger partial charge < -0.3 is 14.9 Å². The molecule has 16 heavy (non-hydrogen) atoms. The summed E-state index contributed by atoms with van der Waals surface area (Å²) in [6.07, 6.45) is 3.82. The molecule has 4 nitrogen and oxygen atoms in total. The Morgan fingerprint density at radius 2 is 2.06 bits per heavy atom. The van der Waals surface area contributed by atoms with Crippen molar-refractivity contribution in [3.63, 3.8) is 0 Å². The number of rotatable bonds is 6. The van der Waals surface area contributed by atoms with E-state index in [0.29, 0.717) is 6.42 Å². The second-order valence-corrected chi connectivity index (χ2v) is 4.69. The van der Waals surface area contributed by atoms with Crippen LogP contribution in [-0.2, 0) is 9.53 Å². The number of cyclic esters (lactones) is 1. The molecule has 0 aliphatic carbocycles. The van der Waals surface area contributed by atoms with Crippen LogP contribution in [0.25, 0.3) is 0 Å². The van der Waals surface area contributed by atoms with E-state index in [9.17, 15) is 15.0 Å². The number of aliphatic hydroxyl groups excluding tert-OH is 2. The van der Waals surface area contributed by atoms with Crippen LogP contribution < -0.4 is 0 Å². The third-order valence-electron chi connectivity index (χ3n) is 3.41. The molecule has 2 N–H and O–H groups in total. The van der Waals surface area contributed by atoms with E-state index >= 15 is 0 Å². The van der Waals surface area contributed by atoms with Gasteiger partial charge in [0.05, 0.1) is 12.5 Å². The Labute approximate surface area is 96.6 Å². The predicted octanol–water partition coefficient (Wildman–Crippen LogP) is 1.24. The Morgan fingerprint density at radius 1 is 1.38 bits per heavy atom. The number of aliphatic hydroxyl groups is 2. The summed E-state index contributed by atoms with van der Waals surface area (Å²) < 4.78 is 5.16. The molecule has 1 aliphatic heterocycles. The van der Waals surface area contributed by atoms with E-state index in [0.717, 1.165) is 25.7 Å². The lowest BCUT2D eigenvalue weighted by Crippen LogP contribution is -2.44.